The number of nitrogens with zero attached hydrogens (tertiary/aromatic N) is 1. The highest BCUT2D eigenvalue weighted by Gasteiger charge is 2.24. The van der Waals surface area contributed by atoms with Crippen LogP contribution < -0.4 is 10.6 Å². The molecule has 1 aromatic carbocycles. The number of aromatic hydroxyl groups is 1. The summed E-state index contributed by atoms with van der Waals surface area (Å²) in [6, 6.07) is 5.49. The summed E-state index contributed by atoms with van der Waals surface area (Å²) in [7, 11) is 0. The molecule has 1 aromatic rings. The minimum Gasteiger partial charge on any atom is -0.506 e. The number of carbonyl (C=O) groups excluding carboxylic acids is 1. The average Bonchev–Trinajstić information content (AvgIpc) is 2.46. The quantitative estimate of drug-likeness (QED) is 0.360. The molecular weight excluding hydrogens is 298 g/mol. The third kappa shape index (κ3) is 5.04. The SMILES string of the molecule is Cc1ccc(N/C=C(/C#N)C(=O)NC(C(=O)O)C(C)C)c(O)c1. The third-order valence-corrected chi connectivity index (χ3v) is 3.11. The van der Waals surface area contributed by atoms with Crippen molar-refractivity contribution in [1.82, 2.24) is 5.32 Å². The number of aryl methyl sites for hydroxylation is 1. The third-order valence-electron chi connectivity index (χ3n) is 3.11. The first-order chi connectivity index (χ1) is 10.8. The summed E-state index contributed by atoms with van der Waals surface area (Å²) in [6.07, 6.45) is 1.12. The molecule has 0 saturated carbocycles. The zero-order valence-electron chi connectivity index (χ0n) is 13.1. The van der Waals surface area contributed by atoms with Crippen LogP contribution in [-0.2, 0) is 9.59 Å². The predicted molar refractivity (Wildman–Crippen MR) is 84.6 cm³/mol. The summed E-state index contributed by atoms with van der Waals surface area (Å²) in [5.74, 6) is -2.32. The molecule has 0 radical (unpaired) electrons. The van der Waals surface area contributed by atoms with Gasteiger partial charge in [0.15, 0.2) is 0 Å². The average molecular weight is 317 g/mol. The van der Waals surface area contributed by atoms with E-state index in [2.05, 4.69) is 10.6 Å². The number of phenolic OH excluding ortho intramolecular Hbond substituents is 1. The van der Waals surface area contributed by atoms with Gasteiger partial charge in [0, 0.05) is 6.20 Å². The van der Waals surface area contributed by atoms with Crippen LogP contribution in [0.4, 0.5) is 5.69 Å². The van der Waals surface area contributed by atoms with E-state index in [4.69, 9.17) is 10.4 Å². The van der Waals surface area contributed by atoms with Crippen LogP contribution >= 0.6 is 0 Å². The van der Waals surface area contributed by atoms with Crippen LogP contribution in [0.3, 0.4) is 0 Å². The first kappa shape index (κ1) is 18.0. The van der Waals surface area contributed by atoms with Gasteiger partial charge in [0.05, 0.1) is 5.69 Å². The van der Waals surface area contributed by atoms with Crippen molar-refractivity contribution < 1.29 is 19.8 Å². The van der Waals surface area contributed by atoms with Gasteiger partial charge in [-0.15, -0.1) is 0 Å². The lowest BCUT2D eigenvalue weighted by molar-refractivity contribution is -0.142. The number of carboxylic acids is 1. The van der Waals surface area contributed by atoms with Gasteiger partial charge < -0.3 is 20.8 Å². The molecule has 1 atom stereocenters. The number of carboxylic acid groups (broad SMARTS) is 1. The first-order valence-corrected chi connectivity index (χ1v) is 6.96. The number of nitrogens with one attached hydrogen (secondary N) is 2. The van der Waals surface area contributed by atoms with Crippen LogP contribution in [0.15, 0.2) is 30.0 Å². The summed E-state index contributed by atoms with van der Waals surface area (Å²) in [5.41, 5.74) is 0.892. The number of hydrogen-bond donors (Lipinski definition) is 4. The fourth-order valence-electron chi connectivity index (χ4n) is 1.79. The molecule has 1 amide bonds. The van der Waals surface area contributed by atoms with E-state index in [1.807, 2.05) is 6.92 Å². The number of anilines is 1. The minimum atomic E-state index is -1.17. The fourth-order valence-corrected chi connectivity index (χ4v) is 1.79. The zero-order chi connectivity index (χ0) is 17.6. The minimum absolute atomic E-state index is 0.0236. The Morgan fingerprint density at radius 2 is 2.00 bits per heavy atom. The highest BCUT2D eigenvalue weighted by molar-refractivity contribution is 5.99. The van der Waals surface area contributed by atoms with E-state index in [1.165, 1.54) is 6.07 Å². The Bertz CT molecular complexity index is 674. The van der Waals surface area contributed by atoms with E-state index in [-0.39, 0.29) is 17.2 Å². The largest absolute Gasteiger partial charge is 0.506 e. The Kier molecular flexibility index (Phi) is 6.15. The smallest absolute Gasteiger partial charge is 0.326 e. The van der Waals surface area contributed by atoms with E-state index in [0.717, 1.165) is 11.8 Å². The molecule has 0 heterocycles. The van der Waals surface area contributed by atoms with E-state index in [1.54, 1.807) is 32.0 Å². The Hall–Kier alpha value is -3.01. The molecule has 0 fully saturated rings. The lowest BCUT2D eigenvalue weighted by atomic mass is 10.0. The van der Waals surface area contributed by atoms with Gasteiger partial charge in [0.2, 0.25) is 0 Å². The summed E-state index contributed by atoms with van der Waals surface area (Å²) >= 11 is 0. The van der Waals surface area contributed by atoms with Gasteiger partial charge in [0.25, 0.3) is 5.91 Å². The molecular formula is C16H19N3O4. The highest BCUT2D eigenvalue weighted by Crippen LogP contribution is 2.23. The van der Waals surface area contributed by atoms with Crippen molar-refractivity contribution in [1.29, 1.82) is 5.26 Å². The molecule has 0 spiro atoms. The summed E-state index contributed by atoms with van der Waals surface area (Å²) in [5, 5.41) is 32.8. The van der Waals surface area contributed by atoms with Crippen LogP contribution in [0.25, 0.3) is 0 Å². The van der Waals surface area contributed by atoms with Gasteiger partial charge in [-0.3, -0.25) is 4.79 Å². The van der Waals surface area contributed by atoms with Crippen molar-refractivity contribution in [3.05, 3.63) is 35.5 Å². The Morgan fingerprint density at radius 3 is 2.48 bits per heavy atom. The number of rotatable bonds is 6. The van der Waals surface area contributed by atoms with Crippen LogP contribution in [0.5, 0.6) is 5.75 Å². The van der Waals surface area contributed by atoms with Crippen molar-refractivity contribution in [3.8, 4) is 11.8 Å². The van der Waals surface area contributed by atoms with Gasteiger partial charge >= 0.3 is 5.97 Å². The van der Waals surface area contributed by atoms with Gasteiger partial charge in [-0.1, -0.05) is 19.9 Å². The van der Waals surface area contributed by atoms with Crippen LogP contribution in [0.1, 0.15) is 19.4 Å². The summed E-state index contributed by atoms with van der Waals surface area (Å²) in [4.78, 5) is 23.1. The molecule has 7 heteroatoms. The maximum atomic E-state index is 12.0. The second kappa shape index (κ2) is 7.84. The molecule has 7 nitrogen and oxygen atoms in total. The van der Waals surface area contributed by atoms with Crippen molar-refractivity contribution in [2.45, 2.75) is 26.8 Å². The fraction of sp³-hybridized carbons (Fsp3) is 0.312. The zero-order valence-corrected chi connectivity index (χ0v) is 13.1. The number of aliphatic carboxylic acids is 1. The number of phenols is 1. The molecule has 0 aliphatic heterocycles. The van der Waals surface area contributed by atoms with Crippen molar-refractivity contribution >= 4 is 17.6 Å². The molecule has 0 saturated heterocycles. The Morgan fingerprint density at radius 1 is 1.35 bits per heavy atom. The Labute approximate surface area is 134 Å². The predicted octanol–water partition coefficient (Wildman–Crippen LogP) is 1.75. The van der Waals surface area contributed by atoms with Crippen molar-refractivity contribution in [3.63, 3.8) is 0 Å². The Balaban J connectivity index is 2.88. The number of benzene rings is 1. The number of carbonyl (C=O) groups is 2. The maximum Gasteiger partial charge on any atom is 0.326 e. The van der Waals surface area contributed by atoms with Gasteiger partial charge in [-0.2, -0.15) is 5.26 Å². The molecule has 0 aliphatic rings. The van der Waals surface area contributed by atoms with E-state index in [9.17, 15) is 14.7 Å². The van der Waals surface area contributed by atoms with Crippen molar-refractivity contribution in [2.75, 3.05) is 5.32 Å². The number of nitriles is 1. The highest BCUT2D eigenvalue weighted by atomic mass is 16.4. The van der Waals surface area contributed by atoms with E-state index < -0.39 is 17.9 Å². The van der Waals surface area contributed by atoms with E-state index >= 15 is 0 Å². The molecule has 0 aromatic heterocycles. The lowest BCUT2D eigenvalue weighted by Gasteiger charge is -2.17. The van der Waals surface area contributed by atoms with Crippen molar-refractivity contribution in [2.24, 2.45) is 5.92 Å². The molecule has 1 unspecified atom stereocenters. The summed E-state index contributed by atoms with van der Waals surface area (Å²) < 4.78 is 0. The summed E-state index contributed by atoms with van der Waals surface area (Å²) in [6.45, 7) is 5.11. The standard InChI is InChI=1S/C16H19N3O4/c1-9(2)14(16(22)23)19-15(21)11(7-17)8-18-12-5-4-10(3)6-13(12)20/h4-6,8-9,14,18,20H,1-3H3,(H,19,21)(H,22,23)/b11-8-. The molecule has 23 heavy (non-hydrogen) atoms. The normalized spacial score (nSPS) is 12.4. The second-order valence-electron chi connectivity index (χ2n) is 5.37. The van der Waals surface area contributed by atoms with Crippen LogP contribution in [0, 0.1) is 24.2 Å². The molecule has 0 aliphatic carbocycles. The second-order valence-corrected chi connectivity index (χ2v) is 5.37. The van der Waals surface area contributed by atoms with Gasteiger partial charge in [-0.05, 0) is 30.5 Å². The first-order valence-electron chi connectivity index (χ1n) is 6.96. The van der Waals surface area contributed by atoms with Crippen LogP contribution in [0.2, 0.25) is 0 Å². The van der Waals surface area contributed by atoms with Gasteiger partial charge in [0.1, 0.15) is 23.4 Å². The lowest BCUT2D eigenvalue weighted by Crippen LogP contribution is -2.44. The van der Waals surface area contributed by atoms with E-state index in [0.29, 0.717) is 5.69 Å². The van der Waals surface area contributed by atoms with Gasteiger partial charge in [-0.25, -0.2) is 4.79 Å². The molecule has 1 rings (SSSR count). The topological polar surface area (TPSA) is 122 Å². The number of amides is 1. The number of hydrogen-bond acceptors (Lipinski definition) is 5. The van der Waals surface area contributed by atoms with Crippen LogP contribution in [-0.4, -0.2) is 28.1 Å². The monoisotopic (exact) mass is 317 g/mol. The molecule has 4 N–H and O–H groups in total. The maximum absolute atomic E-state index is 12.0. The molecule has 0 bridgehead atoms. The molecule has 122 valence electrons.